The highest BCUT2D eigenvalue weighted by Crippen LogP contribution is 2.22. The van der Waals surface area contributed by atoms with E-state index in [9.17, 15) is 4.79 Å². The van der Waals surface area contributed by atoms with E-state index in [4.69, 9.17) is 4.74 Å². The van der Waals surface area contributed by atoms with Gasteiger partial charge in [-0.2, -0.15) is 0 Å². The predicted octanol–water partition coefficient (Wildman–Crippen LogP) is 4.20. The molecule has 0 aliphatic heterocycles. The molecule has 0 aromatic carbocycles. The number of ether oxygens (including phenoxy) is 1. The van der Waals surface area contributed by atoms with Crippen molar-refractivity contribution < 1.29 is 9.53 Å². The molecule has 2 nitrogen and oxygen atoms in total. The van der Waals surface area contributed by atoms with Crippen LogP contribution in [0.4, 0.5) is 0 Å². The van der Waals surface area contributed by atoms with Gasteiger partial charge < -0.3 is 4.74 Å². The third-order valence-corrected chi connectivity index (χ3v) is 2.72. The van der Waals surface area contributed by atoms with Crippen LogP contribution in [0, 0.1) is 17.8 Å². The van der Waals surface area contributed by atoms with E-state index in [0.29, 0.717) is 17.8 Å². The first kappa shape index (κ1) is 16.2. The topological polar surface area (TPSA) is 26.3 Å². The first-order valence-corrected chi connectivity index (χ1v) is 6.68. The Morgan fingerprint density at radius 2 is 1.59 bits per heavy atom. The van der Waals surface area contributed by atoms with Crippen molar-refractivity contribution in [3.05, 3.63) is 12.7 Å². The summed E-state index contributed by atoms with van der Waals surface area (Å²) >= 11 is 0. The number of esters is 1. The van der Waals surface area contributed by atoms with Crippen LogP contribution in [0.5, 0.6) is 0 Å². The van der Waals surface area contributed by atoms with Gasteiger partial charge in [0, 0.05) is 6.08 Å². The Balaban J connectivity index is 4.26. The standard InChI is InChI=1S/C15H28O2/c1-7-15(16)17-14(9-12(4)5)10-13(6)8-11(2)3/h7,11-14H,1,8-10H2,2-6H3. The van der Waals surface area contributed by atoms with Crippen molar-refractivity contribution in [1.82, 2.24) is 0 Å². The van der Waals surface area contributed by atoms with Gasteiger partial charge in [-0.3, -0.25) is 0 Å². The molecular weight excluding hydrogens is 212 g/mol. The van der Waals surface area contributed by atoms with E-state index in [1.807, 2.05) is 0 Å². The van der Waals surface area contributed by atoms with E-state index in [2.05, 4.69) is 41.2 Å². The van der Waals surface area contributed by atoms with Gasteiger partial charge in [0.25, 0.3) is 0 Å². The zero-order valence-electron chi connectivity index (χ0n) is 12.0. The second-order valence-electron chi connectivity index (χ2n) is 5.86. The number of carbonyl (C=O) groups is 1. The minimum absolute atomic E-state index is 0.0363. The largest absolute Gasteiger partial charge is 0.459 e. The number of hydrogen-bond acceptors (Lipinski definition) is 2. The van der Waals surface area contributed by atoms with Gasteiger partial charge in [0.05, 0.1) is 0 Å². The maximum Gasteiger partial charge on any atom is 0.330 e. The van der Waals surface area contributed by atoms with Crippen LogP contribution in [-0.4, -0.2) is 12.1 Å². The van der Waals surface area contributed by atoms with Crippen molar-refractivity contribution in [3.63, 3.8) is 0 Å². The summed E-state index contributed by atoms with van der Waals surface area (Å²) in [4.78, 5) is 11.3. The monoisotopic (exact) mass is 240 g/mol. The minimum Gasteiger partial charge on any atom is -0.459 e. The zero-order valence-corrected chi connectivity index (χ0v) is 12.0. The smallest absolute Gasteiger partial charge is 0.330 e. The Morgan fingerprint density at radius 1 is 1.06 bits per heavy atom. The van der Waals surface area contributed by atoms with E-state index < -0.39 is 0 Å². The number of hydrogen-bond donors (Lipinski definition) is 0. The summed E-state index contributed by atoms with van der Waals surface area (Å²) in [5, 5.41) is 0. The van der Waals surface area contributed by atoms with Crippen LogP contribution in [0.25, 0.3) is 0 Å². The zero-order chi connectivity index (χ0) is 13.4. The predicted molar refractivity (Wildman–Crippen MR) is 72.8 cm³/mol. The third-order valence-electron chi connectivity index (χ3n) is 2.72. The highest BCUT2D eigenvalue weighted by Gasteiger charge is 2.18. The molecule has 2 atom stereocenters. The quantitative estimate of drug-likeness (QED) is 0.469. The van der Waals surface area contributed by atoms with Crippen molar-refractivity contribution in [2.45, 2.75) is 60.0 Å². The highest BCUT2D eigenvalue weighted by molar-refractivity contribution is 5.81. The summed E-state index contributed by atoms with van der Waals surface area (Å²) < 4.78 is 5.41. The van der Waals surface area contributed by atoms with Crippen LogP contribution < -0.4 is 0 Å². The molecule has 0 spiro atoms. The summed E-state index contributed by atoms with van der Waals surface area (Å²) in [7, 11) is 0. The average molecular weight is 240 g/mol. The van der Waals surface area contributed by atoms with Crippen molar-refractivity contribution >= 4 is 5.97 Å². The van der Waals surface area contributed by atoms with Gasteiger partial charge >= 0.3 is 5.97 Å². The molecule has 2 unspecified atom stereocenters. The highest BCUT2D eigenvalue weighted by atomic mass is 16.5. The first-order chi connectivity index (χ1) is 7.85. The summed E-state index contributed by atoms with van der Waals surface area (Å²) in [6.07, 6.45) is 4.35. The Kier molecular flexibility index (Phi) is 7.94. The van der Waals surface area contributed by atoms with E-state index in [1.165, 1.54) is 12.5 Å². The van der Waals surface area contributed by atoms with Gasteiger partial charge in [-0.05, 0) is 37.0 Å². The Bertz CT molecular complexity index is 231. The van der Waals surface area contributed by atoms with Crippen LogP contribution in [0.1, 0.15) is 53.9 Å². The van der Waals surface area contributed by atoms with Crippen LogP contribution in [0.3, 0.4) is 0 Å². The Labute approximate surface area is 106 Å². The molecule has 0 amide bonds. The van der Waals surface area contributed by atoms with E-state index >= 15 is 0 Å². The van der Waals surface area contributed by atoms with Crippen molar-refractivity contribution in [3.8, 4) is 0 Å². The average Bonchev–Trinajstić information content (AvgIpc) is 2.14. The fourth-order valence-electron chi connectivity index (χ4n) is 2.28. The van der Waals surface area contributed by atoms with Crippen LogP contribution in [0.2, 0.25) is 0 Å². The molecule has 17 heavy (non-hydrogen) atoms. The first-order valence-electron chi connectivity index (χ1n) is 6.68. The molecular formula is C15H28O2. The minimum atomic E-state index is -0.299. The van der Waals surface area contributed by atoms with Gasteiger partial charge in [0.15, 0.2) is 0 Å². The van der Waals surface area contributed by atoms with E-state index in [1.54, 1.807) is 0 Å². The Hall–Kier alpha value is -0.790. The fraction of sp³-hybridized carbons (Fsp3) is 0.800. The maximum absolute atomic E-state index is 11.3. The lowest BCUT2D eigenvalue weighted by Gasteiger charge is -2.23. The van der Waals surface area contributed by atoms with Gasteiger partial charge in [0.1, 0.15) is 6.10 Å². The molecule has 0 N–H and O–H groups in total. The van der Waals surface area contributed by atoms with Gasteiger partial charge in [0.2, 0.25) is 0 Å². The van der Waals surface area contributed by atoms with Crippen molar-refractivity contribution in [2.75, 3.05) is 0 Å². The van der Waals surface area contributed by atoms with Crippen LogP contribution in [0.15, 0.2) is 12.7 Å². The normalized spacial score (nSPS) is 14.8. The molecule has 0 aromatic rings. The summed E-state index contributed by atoms with van der Waals surface area (Å²) in [5.41, 5.74) is 0. The summed E-state index contributed by atoms with van der Waals surface area (Å²) in [6.45, 7) is 14.4. The molecule has 0 bridgehead atoms. The number of carbonyl (C=O) groups excluding carboxylic acids is 1. The second kappa shape index (κ2) is 8.32. The molecule has 0 saturated heterocycles. The fourth-order valence-corrected chi connectivity index (χ4v) is 2.28. The molecule has 0 rings (SSSR count). The molecule has 0 fully saturated rings. The SMILES string of the molecule is C=CC(=O)OC(CC(C)C)CC(C)CC(C)C. The van der Waals surface area contributed by atoms with Crippen LogP contribution >= 0.6 is 0 Å². The molecule has 100 valence electrons. The molecule has 2 heteroatoms. The lowest BCUT2D eigenvalue weighted by molar-refractivity contribution is -0.144. The van der Waals surface area contributed by atoms with Crippen molar-refractivity contribution in [1.29, 1.82) is 0 Å². The summed E-state index contributed by atoms with van der Waals surface area (Å²) in [6, 6.07) is 0. The van der Waals surface area contributed by atoms with Crippen molar-refractivity contribution in [2.24, 2.45) is 17.8 Å². The molecule has 0 aliphatic carbocycles. The Morgan fingerprint density at radius 3 is 2.00 bits per heavy atom. The van der Waals surface area contributed by atoms with E-state index in [-0.39, 0.29) is 12.1 Å². The van der Waals surface area contributed by atoms with Crippen LogP contribution in [-0.2, 0) is 9.53 Å². The molecule has 0 aliphatic rings. The molecule has 0 aromatic heterocycles. The van der Waals surface area contributed by atoms with E-state index in [0.717, 1.165) is 12.8 Å². The lowest BCUT2D eigenvalue weighted by atomic mass is 9.91. The molecule has 0 radical (unpaired) electrons. The molecule has 0 heterocycles. The second-order valence-corrected chi connectivity index (χ2v) is 5.86. The van der Waals surface area contributed by atoms with Gasteiger partial charge in [-0.15, -0.1) is 0 Å². The number of rotatable bonds is 8. The third kappa shape index (κ3) is 8.96. The van der Waals surface area contributed by atoms with Gasteiger partial charge in [-0.25, -0.2) is 4.79 Å². The summed E-state index contributed by atoms with van der Waals surface area (Å²) in [5.74, 6) is 1.53. The molecule has 0 saturated carbocycles. The van der Waals surface area contributed by atoms with Gasteiger partial charge in [-0.1, -0.05) is 41.2 Å². The maximum atomic E-state index is 11.3. The lowest BCUT2D eigenvalue weighted by Crippen LogP contribution is -2.22.